The van der Waals surface area contributed by atoms with Crippen LogP contribution in [0.5, 0.6) is 0 Å². The van der Waals surface area contributed by atoms with Gasteiger partial charge in [0, 0.05) is 11.8 Å². The second kappa shape index (κ2) is 7.89. The number of hydrogen-bond acceptors (Lipinski definition) is 1. The molecule has 0 N–H and O–H groups in total. The normalized spacial score (nSPS) is 12.9. The van der Waals surface area contributed by atoms with Gasteiger partial charge in [-0.1, -0.05) is 90.1 Å². The van der Waals surface area contributed by atoms with Crippen LogP contribution in [-0.4, -0.2) is 18.8 Å². The maximum Gasteiger partial charge on any atom is 0.190 e. The maximum absolute atomic E-state index is 13.1. The van der Waals surface area contributed by atoms with Crippen molar-refractivity contribution in [3.05, 3.63) is 60.7 Å². The van der Waals surface area contributed by atoms with Gasteiger partial charge in [-0.05, 0) is 22.7 Å². The lowest BCUT2D eigenvalue weighted by atomic mass is 10.1. The monoisotopic (exact) mass is 374 g/mol. The summed E-state index contributed by atoms with van der Waals surface area (Å²) in [6.07, 6.45) is 1.62. The summed E-state index contributed by atoms with van der Waals surface area (Å²) in [5, 5.41) is 3.79. The Balaban J connectivity index is 2.36. The molecule has 0 amide bonds. The summed E-state index contributed by atoms with van der Waals surface area (Å²) >= 11 is 3.51. The molecule has 0 aliphatic rings. The minimum absolute atomic E-state index is 0.428. The molecular formula is C19H23BrOSi. The molecule has 0 saturated carbocycles. The van der Waals surface area contributed by atoms with Crippen LogP contribution in [0.1, 0.15) is 19.8 Å². The molecule has 2 rings (SSSR count). The van der Waals surface area contributed by atoms with Crippen molar-refractivity contribution in [1.82, 2.24) is 0 Å². The molecule has 22 heavy (non-hydrogen) atoms. The van der Waals surface area contributed by atoms with Crippen LogP contribution in [0.3, 0.4) is 0 Å². The highest BCUT2D eigenvalue weighted by molar-refractivity contribution is 9.09. The summed E-state index contributed by atoms with van der Waals surface area (Å²) in [7, 11) is -2.34. The fraction of sp³-hybridized carbons (Fsp3) is 0.316. The molecule has 2 aromatic rings. The van der Waals surface area contributed by atoms with E-state index in [-0.39, 0.29) is 0 Å². The van der Waals surface area contributed by atoms with Gasteiger partial charge in [0.2, 0.25) is 0 Å². The number of rotatable bonds is 7. The number of carbonyl (C=O) groups excluding carboxylic acids is 1. The Labute approximate surface area is 142 Å². The number of alkyl halides is 1. The van der Waals surface area contributed by atoms with Crippen molar-refractivity contribution >= 4 is 39.8 Å². The predicted molar refractivity (Wildman–Crippen MR) is 101 cm³/mol. The maximum atomic E-state index is 13.1. The third-order valence-electron chi connectivity index (χ3n) is 4.39. The van der Waals surface area contributed by atoms with Gasteiger partial charge >= 0.3 is 0 Å². The summed E-state index contributed by atoms with van der Waals surface area (Å²) in [5.41, 5.74) is 0. The average molecular weight is 375 g/mol. The van der Waals surface area contributed by atoms with Crippen LogP contribution in [0.4, 0.5) is 0 Å². The zero-order valence-electron chi connectivity index (χ0n) is 13.3. The van der Waals surface area contributed by atoms with E-state index in [1.807, 2.05) is 36.4 Å². The minimum Gasteiger partial charge on any atom is -0.305 e. The number of hydrogen-bond donors (Lipinski definition) is 0. The Morgan fingerprint density at radius 3 is 1.86 bits per heavy atom. The van der Waals surface area contributed by atoms with Crippen LogP contribution >= 0.6 is 15.9 Å². The van der Waals surface area contributed by atoms with Crippen LogP contribution in [0, 0.1) is 5.92 Å². The summed E-state index contributed by atoms with van der Waals surface area (Å²) in [6.45, 7) is 4.38. The molecule has 0 aliphatic carbocycles. The van der Waals surface area contributed by atoms with Crippen LogP contribution in [-0.2, 0) is 4.79 Å². The first kappa shape index (κ1) is 17.2. The second-order valence-corrected chi connectivity index (χ2v) is 10.7. The van der Waals surface area contributed by atoms with E-state index in [1.54, 1.807) is 0 Å². The Kier molecular flexibility index (Phi) is 6.15. The smallest absolute Gasteiger partial charge is 0.190 e. The predicted octanol–water partition coefficient (Wildman–Crippen LogP) is 3.80. The molecule has 0 heterocycles. The van der Waals surface area contributed by atoms with E-state index in [2.05, 4.69) is 53.7 Å². The summed E-state index contributed by atoms with van der Waals surface area (Å²) in [6, 6.07) is 20.7. The van der Waals surface area contributed by atoms with Crippen LogP contribution in [0.15, 0.2) is 60.7 Å². The summed E-state index contributed by atoms with van der Waals surface area (Å²) in [5.74, 6) is 0.536. The van der Waals surface area contributed by atoms with Crippen LogP contribution in [0.2, 0.25) is 6.55 Å². The highest BCUT2D eigenvalue weighted by Gasteiger charge is 2.39. The lowest BCUT2D eigenvalue weighted by molar-refractivity contribution is -0.112. The molecule has 0 saturated heterocycles. The Bertz CT molecular complexity index is 558. The Morgan fingerprint density at radius 1 is 1.00 bits per heavy atom. The summed E-state index contributed by atoms with van der Waals surface area (Å²) in [4.78, 5) is 13.1. The fourth-order valence-corrected chi connectivity index (χ4v) is 6.40. The molecule has 0 bridgehead atoms. The van der Waals surface area contributed by atoms with Crippen LogP contribution in [0.25, 0.3) is 0 Å². The zero-order valence-corrected chi connectivity index (χ0v) is 15.8. The van der Waals surface area contributed by atoms with Gasteiger partial charge in [0.05, 0.1) is 0 Å². The lowest BCUT2D eigenvalue weighted by Crippen LogP contribution is -2.62. The number of halogens is 1. The van der Waals surface area contributed by atoms with E-state index in [0.717, 1.165) is 11.8 Å². The van der Waals surface area contributed by atoms with Gasteiger partial charge in [-0.15, -0.1) is 0 Å². The number of benzene rings is 2. The Hall–Kier alpha value is -1.19. The molecule has 3 heteroatoms. The van der Waals surface area contributed by atoms with Crippen molar-refractivity contribution in [3.8, 4) is 0 Å². The first-order valence-electron chi connectivity index (χ1n) is 7.79. The molecule has 0 aliphatic heterocycles. The van der Waals surface area contributed by atoms with E-state index in [9.17, 15) is 4.79 Å². The van der Waals surface area contributed by atoms with E-state index >= 15 is 0 Å². The van der Waals surface area contributed by atoms with Gasteiger partial charge < -0.3 is 4.79 Å². The Morgan fingerprint density at radius 2 is 1.45 bits per heavy atom. The first-order valence-corrected chi connectivity index (χ1v) is 11.4. The van der Waals surface area contributed by atoms with Gasteiger partial charge in [0.15, 0.2) is 8.07 Å². The van der Waals surface area contributed by atoms with Crippen molar-refractivity contribution < 1.29 is 4.79 Å². The van der Waals surface area contributed by atoms with E-state index in [0.29, 0.717) is 17.7 Å². The van der Waals surface area contributed by atoms with Gasteiger partial charge in [-0.2, -0.15) is 0 Å². The molecular weight excluding hydrogens is 352 g/mol. The minimum atomic E-state index is -2.34. The van der Waals surface area contributed by atoms with Crippen molar-refractivity contribution in [2.24, 2.45) is 5.92 Å². The van der Waals surface area contributed by atoms with Crippen molar-refractivity contribution in [3.63, 3.8) is 0 Å². The quantitative estimate of drug-likeness (QED) is 0.532. The largest absolute Gasteiger partial charge is 0.305 e. The van der Waals surface area contributed by atoms with Gasteiger partial charge in [0.1, 0.15) is 5.41 Å². The summed E-state index contributed by atoms with van der Waals surface area (Å²) < 4.78 is 0. The third-order valence-corrected chi connectivity index (χ3v) is 9.83. The fourth-order valence-electron chi connectivity index (χ4n) is 2.74. The molecule has 2 aromatic carbocycles. The highest BCUT2D eigenvalue weighted by Crippen LogP contribution is 2.15. The standard InChI is InChI=1S/C19H23BrOSi/c1-16(15-20)13-14-19(21)22(2,17-9-5-3-6-10-17)18-11-7-4-8-12-18/h3-12,16H,13-15H2,1-2H3. The average Bonchev–Trinajstić information content (AvgIpc) is 2.60. The topological polar surface area (TPSA) is 17.1 Å². The van der Waals surface area contributed by atoms with Crippen molar-refractivity contribution in [2.45, 2.75) is 26.3 Å². The van der Waals surface area contributed by atoms with Gasteiger partial charge in [0.25, 0.3) is 0 Å². The molecule has 0 radical (unpaired) electrons. The van der Waals surface area contributed by atoms with E-state index in [1.165, 1.54) is 10.4 Å². The van der Waals surface area contributed by atoms with Crippen LogP contribution < -0.4 is 10.4 Å². The third kappa shape index (κ3) is 3.76. The number of carbonyl (C=O) groups is 1. The molecule has 0 aromatic heterocycles. The highest BCUT2D eigenvalue weighted by atomic mass is 79.9. The van der Waals surface area contributed by atoms with Gasteiger partial charge in [-0.3, -0.25) is 0 Å². The van der Waals surface area contributed by atoms with Crippen molar-refractivity contribution in [2.75, 3.05) is 5.33 Å². The molecule has 1 atom stereocenters. The SMILES string of the molecule is CC(CBr)CCC(=O)[Si](C)(c1ccccc1)c1ccccc1. The molecule has 116 valence electrons. The van der Waals surface area contributed by atoms with E-state index in [4.69, 9.17) is 0 Å². The first-order chi connectivity index (χ1) is 10.6. The second-order valence-electron chi connectivity index (χ2n) is 6.08. The van der Waals surface area contributed by atoms with Crippen molar-refractivity contribution in [1.29, 1.82) is 0 Å². The molecule has 0 fully saturated rings. The molecule has 1 nitrogen and oxygen atoms in total. The van der Waals surface area contributed by atoms with Gasteiger partial charge in [-0.25, -0.2) is 0 Å². The zero-order chi connectivity index (χ0) is 16.0. The molecule has 1 unspecified atom stereocenters. The lowest BCUT2D eigenvalue weighted by Gasteiger charge is -2.27. The molecule has 0 spiro atoms. The van der Waals surface area contributed by atoms with E-state index < -0.39 is 8.07 Å².